The van der Waals surface area contributed by atoms with Crippen LogP contribution in [0.15, 0.2) is 0 Å². The minimum atomic E-state index is -0.434. The van der Waals surface area contributed by atoms with Crippen molar-refractivity contribution >= 4 is 11.3 Å². The van der Waals surface area contributed by atoms with E-state index < -0.39 is 5.54 Å². The fourth-order valence-electron chi connectivity index (χ4n) is 1.96. The third kappa shape index (κ3) is 2.22. The Morgan fingerprint density at radius 3 is 2.87 bits per heavy atom. The molecule has 0 aliphatic heterocycles. The Hall–Kier alpha value is -0.450. The van der Waals surface area contributed by atoms with Gasteiger partial charge in [-0.15, -0.1) is 11.3 Å². The number of nitrogens with zero attached hydrogens (tertiary/aromatic N) is 1. The van der Waals surface area contributed by atoms with Crippen LogP contribution in [0.5, 0.6) is 0 Å². The van der Waals surface area contributed by atoms with Crippen LogP contribution in [0.1, 0.15) is 35.3 Å². The van der Waals surface area contributed by atoms with E-state index in [1.54, 1.807) is 18.4 Å². The molecule has 15 heavy (non-hydrogen) atoms. The zero-order chi connectivity index (χ0) is 10.9. The van der Waals surface area contributed by atoms with Gasteiger partial charge in [0.15, 0.2) is 0 Å². The monoisotopic (exact) mass is 226 g/mol. The molecule has 0 saturated heterocycles. The fourth-order valence-corrected chi connectivity index (χ4v) is 3.15. The van der Waals surface area contributed by atoms with Crippen LogP contribution in [0.4, 0.5) is 0 Å². The van der Waals surface area contributed by atoms with Gasteiger partial charge in [-0.05, 0) is 32.6 Å². The van der Waals surface area contributed by atoms with Crippen LogP contribution < -0.4 is 5.73 Å². The highest BCUT2D eigenvalue weighted by Gasteiger charge is 2.27. The molecule has 0 amide bonds. The summed E-state index contributed by atoms with van der Waals surface area (Å²) in [5, 5.41) is 1.02. The Morgan fingerprint density at radius 2 is 2.20 bits per heavy atom. The number of ether oxygens (including phenoxy) is 1. The maximum absolute atomic E-state index is 6.18. The van der Waals surface area contributed by atoms with Crippen molar-refractivity contribution in [2.45, 2.75) is 38.1 Å². The van der Waals surface area contributed by atoms with E-state index in [0.29, 0.717) is 6.61 Å². The third-order valence-electron chi connectivity index (χ3n) is 2.78. The second-order valence-corrected chi connectivity index (χ2v) is 5.53. The molecule has 1 aliphatic carbocycles. The average Bonchev–Trinajstić information content (AvgIpc) is 2.61. The first-order valence-corrected chi connectivity index (χ1v) is 6.22. The normalized spacial score (nSPS) is 19.7. The van der Waals surface area contributed by atoms with Crippen molar-refractivity contribution in [2.24, 2.45) is 5.73 Å². The van der Waals surface area contributed by atoms with Gasteiger partial charge in [-0.1, -0.05) is 0 Å². The highest BCUT2D eigenvalue weighted by Crippen LogP contribution is 2.31. The molecule has 1 heterocycles. The Balaban J connectivity index is 2.25. The number of hydrogen-bond donors (Lipinski definition) is 1. The second-order valence-electron chi connectivity index (χ2n) is 4.45. The molecule has 1 aromatic rings. The summed E-state index contributed by atoms with van der Waals surface area (Å²) in [5.74, 6) is 0. The van der Waals surface area contributed by atoms with Gasteiger partial charge in [0.25, 0.3) is 0 Å². The zero-order valence-corrected chi connectivity index (χ0v) is 10.2. The summed E-state index contributed by atoms with van der Waals surface area (Å²) in [5.41, 5.74) is 7.02. The molecule has 1 atom stereocenters. The van der Waals surface area contributed by atoms with E-state index in [-0.39, 0.29) is 0 Å². The molecule has 4 heteroatoms. The van der Waals surface area contributed by atoms with Crippen LogP contribution in [0, 0.1) is 0 Å². The van der Waals surface area contributed by atoms with Crippen molar-refractivity contribution in [1.82, 2.24) is 4.98 Å². The molecule has 2 rings (SSSR count). The van der Waals surface area contributed by atoms with E-state index in [2.05, 4.69) is 4.98 Å². The molecule has 1 aromatic heterocycles. The molecule has 0 radical (unpaired) electrons. The summed E-state index contributed by atoms with van der Waals surface area (Å²) in [7, 11) is 1.68. The number of thiazole rings is 1. The predicted molar refractivity (Wildman–Crippen MR) is 62.2 cm³/mol. The number of hydrogen-bond acceptors (Lipinski definition) is 4. The first kappa shape index (κ1) is 11.0. The molecule has 2 N–H and O–H groups in total. The maximum atomic E-state index is 6.18. The number of nitrogens with two attached hydrogens (primary N) is 1. The van der Waals surface area contributed by atoms with Crippen LogP contribution in [0.25, 0.3) is 0 Å². The topological polar surface area (TPSA) is 48.1 Å². The lowest BCUT2D eigenvalue weighted by atomic mass is 10.0. The molecule has 84 valence electrons. The number of methoxy groups -OCH3 is 1. The van der Waals surface area contributed by atoms with Gasteiger partial charge in [0.1, 0.15) is 5.01 Å². The Kier molecular flexibility index (Phi) is 3.09. The van der Waals surface area contributed by atoms with E-state index >= 15 is 0 Å². The standard InChI is InChI=1S/C11H18N2OS/c1-11(12,7-14-2)10-13-8-5-3-4-6-9(8)15-10/h3-7,12H2,1-2H3. The molecule has 0 aromatic carbocycles. The largest absolute Gasteiger partial charge is 0.382 e. The van der Waals surface area contributed by atoms with Crippen molar-refractivity contribution in [1.29, 1.82) is 0 Å². The molecule has 1 unspecified atom stereocenters. The lowest BCUT2D eigenvalue weighted by molar-refractivity contribution is 0.141. The summed E-state index contributed by atoms with van der Waals surface area (Å²) >= 11 is 1.77. The highest BCUT2D eigenvalue weighted by atomic mass is 32.1. The fraction of sp³-hybridized carbons (Fsp3) is 0.727. The molecule has 0 spiro atoms. The van der Waals surface area contributed by atoms with E-state index in [9.17, 15) is 0 Å². The number of rotatable bonds is 3. The van der Waals surface area contributed by atoms with Gasteiger partial charge in [0, 0.05) is 12.0 Å². The lowest BCUT2D eigenvalue weighted by Gasteiger charge is -2.20. The molecule has 0 saturated carbocycles. The van der Waals surface area contributed by atoms with E-state index in [1.165, 1.54) is 29.8 Å². The Morgan fingerprint density at radius 1 is 1.47 bits per heavy atom. The van der Waals surface area contributed by atoms with E-state index in [1.807, 2.05) is 6.92 Å². The molecule has 1 aliphatic rings. The number of fused-ring (bicyclic) bond motifs is 1. The van der Waals surface area contributed by atoms with E-state index in [4.69, 9.17) is 10.5 Å². The predicted octanol–water partition coefficient (Wildman–Crippen LogP) is 1.84. The Bertz CT molecular complexity index is 323. The number of aromatic nitrogens is 1. The Labute approximate surface area is 94.7 Å². The van der Waals surface area contributed by atoms with Gasteiger partial charge in [0.2, 0.25) is 0 Å². The summed E-state index contributed by atoms with van der Waals surface area (Å²) < 4.78 is 5.13. The van der Waals surface area contributed by atoms with Crippen LogP contribution in [-0.4, -0.2) is 18.7 Å². The lowest BCUT2D eigenvalue weighted by Crippen LogP contribution is -2.37. The van der Waals surface area contributed by atoms with Gasteiger partial charge < -0.3 is 10.5 Å². The van der Waals surface area contributed by atoms with Crippen molar-refractivity contribution in [3.63, 3.8) is 0 Å². The molecule has 0 fully saturated rings. The summed E-state index contributed by atoms with van der Waals surface area (Å²) in [6, 6.07) is 0. The van der Waals surface area contributed by atoms with Crippen LogP contribution >= 0.6 is 11.3 Å². The summed E-state index contributed by atoms with van der Waals surface area (Å²) in [6.45, 7) is 2.51. The first-order chi connectivity index (χ1) is 7.13. The first-order valence-electron chi connectivity index (χ1n) is 5.40. The molecule has 3 nitrogen and oxygen atoms in total. The second kappa shape index (κ2) is 4.20. The van der Waals surface area contributed by atoms with Gasteiger partial charge in [-0.25, -0.2) is 4.98 Å². The number of aryl methyl sites for hydroxylation is 2. The smallest absolute Gasteiger partial charge is 0.115 e. The quantitative estimate of drug-likeness (QED) is 0.855. The molecular weight excluding hydrogens is 208 g/mol. The molecule has 0 bridgehead atoms. The maximum Gasteiger partial charge on any atom is 0.115 e. The van der Waals surface area contributed by atoms with Gasteiger partial charge in [-0.2, -0.15) is 0 Å². The van der Waals surface area contributed by atoms with Gasteiger partial charge in [-0.3, -0.25) is 0 Å². The zero-order valence-electron chi connectivity index (χ0n) is 9.38. The van der Waals surface area contributed by atoms with Crippen molar-refractivity contribution < 1.29 is 4.74 Å². The molecular formula is C11H18N2OS. The summed E-state index contributed by atoms with van der Waals surface area (Å²) in [6.07, 6.45) is 4.85. The van der Waals surface area contributed by atoms with E-state index in [0.717, 1.165) is 11.4 Å². The SMILES string of the molecule is COCC(C)(N)c1nc2c(s1)CCCC2. The van der Waals surface area contributed by atoms with Crippen molar-refractivity contribution in [2.75, 3.05) is 13.7 Å². The third-order valence-corrected chi connectivity index (χ3v) is 4.22. The van der Waals surface area contributed by atoms with Gasteiger partial charge >= 0.3 is 0 Å². The van der Waals surface area contributed by atoms with Crippen LogP contribution in [-0.2, 0) is 23.1 Å². The van der Waals surface area contributed by atoms with Crippen LogP contribution in [0.2, 0.25) is 0 Å². The minimum absolute atomic E-state index is 0.434. The van der Waals surface area contributed by atoms with Gasteiger partial charge in [0.05, 0.1) is 17.8 Å². The highest BCUT2D eigenvalue weighted by molar-refractivity contribution is 7.11. The summed E-state index contributed by atoms with van der Waals surface area (Å²) in [4.78, 5) is 6.09. The van der Waals surface area contributed by atoms with Crippen molar-refractivity contribution in [3.8, 4) is 0 Å². The van der Waals surface area contributed by atoms with Crippen LogP contribution in [0.3, 0.4) is 0 Å². The van der Waals surface area contributed by atoms with Crippen molar-refractivity contribution in [3.05, 3.63) is 15.6 Å². The average molecular weight is 226 g/mol. The minimum Gasteiger partial charge on any atom is -0.382 e.